The van der Waals surface area contributed by atoms with Gasteiger partial charge in [0.1, 0.15) is 0 Å². The van der Waals surface area contributed by atoms with Crippen molar-refractivity contribution in [3.05, 3.63) is 0 Å². The first-order chi connectivity index (χ1) is 9.34. The highest BCUT2D eigenvalue weighted by Crippen LogP contribution is 2.38. The van der Waals surface area contributed by atoms with Crippen LogP contribution < -0.4 is 11.1 Å². The van der Waals surface area contributed by atoms with E-state index in [0.717, 1.165) is 32.1 Å². The summed E-state index contributed by atoms with van der Waals surface area (Å²) in [5.74, 6) is -0.569. The molecule has 5 nitrogen and oxygen atoms in total. The second-order valence-electron chi connectivity index (χ2n) is 6.59. The Morgan fingerprint density at radius 2 is 1.85 bits per heavy atom. The highest BCUT2D eigenvalue weighted by Gasteiger charge is 2.35. The summed E-state index contributed by atoms with van der Waals surface area (Å²) in [6.07, 6.45) is 5.77. The molecule has 5 heteroatoms. The van der Waals surface area contributed by atoms with Gasteiger partial charge in [-0.15, -0.1) is 0 Å². The molecule has 116 valence electrons. The number of rotatable bonds is 7. The van der Waals surface area contributed by atoms with Crippen LogP contribution in [0.2, 0.25) is 0 Å². The van der Waals surface area contributed by atoms with Crippen LogP contribution in [0.3, 0.4) is 0 Å². The van der Waals surface area contributed by atoms with Crippen molar-refractivity contribution in [1.29, 1.82) is 0 Å². The minimum Gasteiger partial charge on any atom is -0.481 e. The topological polar surface area (TPSA) is 92.4 Å². The van der Waals surface area contributed by atoms with Gasteiger partial charge >= 0.3 is 5.97 Å². The Morgan fingerprint density at radius 3 is 2.35 bits per heavy atom. The van der Waals surface area contributed by atoms with E-state index in [1.807, 2.05) is 13.8 Å². The standard InChI is InChI=1S/C15H28N2O3/c1-11(2)8-12(16)14(20)17-10-15(9-13(18)19)6-4-3-5-7-15/h11-12H,3-10,16H2,1-2H3,(H,17,20)(H,18,19)/t12-/m0/s1. The molecule has 1 atom stereocenters. The van der Waals surface area contributed by atoms with Crippen LogP contribution in [-0.4, -0.2) is 29.6 Å². The SMILES string of the molecule is CC(C)C[C@H](N)C(=O)NCC1(CC(=O)O)CCCCC1. The molecule has 0 aromatic carbocycles. The molecule has 1 saturated carbocycles. The molecule has 0 aliphatic heterocycles. The predicted octanol–water partition coefficient (Wildman–Crippen LogP) is 1.90. The van der Waals surface area contributed by atoms with Crippen LogP contribution in [0.4, 0.5) is 0 Å². The Bertz CT molecular complexity index is 336. The predicted molar refractivity (Wildman–Crippen MR) is 78.2 cm³/mol. The van der Waals surface area contributed by atoms with Crippen molar-refractivity contribution in [3.8, 4) is 0 Å². The van der Waals surface area contributed by atoms with Gasteiger partial charge in [-0.05, 0) is 30.6 Å². The lowest BCUT2D eigenvalue weighted by Crippen LogP contribution is -2.47. The van der Waals surface area contributed by atoms with Gasteiger partial charge in [0.05, 0.1) is 12.5 Å². The first kappa shape index (κ1) is 17.0. The summed E-state index contributed by atoms with van der Waals surface area (Å²) in [6.45, 7) is 4.49. The third kappa shape index (κ3) is 5.49. The maximum absolute atomic E-state index is 12.0. The lowest BCUT2D eigenvalue weighted by Gasteiger charge is -2.36. The molecular weight excluding hydrogens is 256 g/mol. The minimum atomic E-state index is -0.785. The molecule has 1 aliphatic rings. The Balaban J connectivity index is 2.53. The molecule has 0 heterocycles. The lowest BCUT2D eigenvalue weighted by molar-refractivity contribution is -0.140. The number of nitrogens with one attached hydrogen (secondary N) is 1. The number of hydrogen-bond acceptors (Lipinski definition) is 3. The van der Waals surface area contributed by atoms with Crippen molar-refractivity contribution in [1.82, 2.24) is 5.32 Å². The van der Waals surface area contributed by atoms with Gasteiger partial charge in [-0.25, -0.2) is 0 Å². The highest BCUT2D eigenvalue weighted by atomic mass is 16.4. The van der Waals surface area contributed by atoms with E-state index in [0.29, 0.717) is 18.9 Å². The van der Waals surface area contributed by atoms with Crippen molar-refractivity contribution in [2.45, 2.75) is 64.8 Å². The number of carbonyl (C=O) groups excluding carboxylic acids is 1. The third-order valence-electron chi connectivity index (χ3n) is 4.14. The Morgan fingerprint density at radius 1 is 1.25 bits per heavy atom. The van der Waals surface area contributed by atoms with Crippen LogP contribution in [0.5, 0.6) is 0 Å². The zero-order valence-corrected chi connectivity index (χ0v) is 12.7. The van der Waals surface area contributed by atoms with E-state index < -0.39 is 12.0 Å². The van der Waals surface area contributed by atoms with Crippen molar-refractivity contribution < 1.29 is 14.7 Å². The van der Waals surface area contributed by atoms with Gasteiger partial charge in [0.2, 0.25) is 5.91 Å². The molecule has 1 fully saturated rings. The van der Waals surface area contributed by atoms with Gasteiger partial charge in [-0.1, -0.05) is 33.1 Å². The van der Waals surface area contributed by atoms with Gasteiger partial charge in [-0.2, -0.15) is 0 Å². The number of carboxylic acids is 1. The fraction of sp³-hybridized carbons (Fsp3) is 0.867. The largest absolute Gasteiger partial charge is 0.481 e. The second-order valence-corrected chi connectivity index (χ2v) is 6.59. The lowest BCUT2D eigenvalue weighted by atomic mass is 9.71. The molecule has 0 aromatic rings. The van der Waals surface area contributed by atoms with Crippen LogP contribution in [-0.2, 0) is 9.59 Å². The zero-order chi connectivity index (χ0) is 15.2. The number of carboxylic acid groups (broad SMARTS) is 1. The molecule has 20 heavy (non-hydrogen) atoms. The van der Waals surface area contributed by atoms with Crippen LogP contribution in [0.15, 0.2) is 0 Å². The average molecular weight is 284 g/mol. The third-order valence-corrected chi connectivity index (χ3v) is 4.14. The van der Waals surface area contributed by atoms with Gasteiger partial charge in [0.25, 0.3) is 0 Å². The molecule has 0 spiro atoms. The number of aliphatic carboxylic acids is 1. The van der Waals surface area contributed by atoms with E-state index in [2.05, 4.69) is 5.32 Å². The zero-order valence-electron chi connectivity index (χ0n) is 12.7. The molecule has 0 radical (unpaired) electrons. The molecule has 0 aromatic heterocycles. The first-order valence-corrected chi connectivity index (χ1v) is 7.60. The van der Waals surface area contributed by atoms with E-state index in [4.69, 9.17) is 10.8 Å². The number of hydrogen-bond donors (Lipinski definition) is 3. The Labute approximate surface area is 121 Å². The second kappa shape index (κ2) is 7.62. The monoisotopic (exact) mass is 284 g/mol. The summed E-state index contributed by atoms with van der Waals surface area (Å²) in [5, 5.41) is 12.0. The van der Waals surface area contributed by atoms with Crippen molar-refractivity contribution in [3.63, 3.8) is 0 Å². The fourth-order valence-corrected chi connectivity index (χ4v) is 3.06. The van der Waals surface area contributed by atoms with Crippen molar-refractivity contribution in [2.75, 3.05) is 6.54 Å². The molecule has 0 bridgehead atoms. The maximum Gasteiger partial charge on any atom is 0.303 e. The van der Waals surface area contributed by atoms with Crippen molar-refractivity contribution in [2.24, 2.45) is 17.1 Å². The van der Waals surface area contributed by atoms with E-state index in [1.54, 1.807) is 0 Å². The highest BCUT2D eigenvalue weighted by molar-refractivity contribution is 5.81. The number of amides is 1. The van der Waals surface area contributed by atoms with Crippen molar-refractivity contribution >= 4 is 11.9 Å². The van der Waals surface area contributed by atoms with Gasteiger partial charge in [-0.3, -0.25) is 9.59 Å². The molecule has 1 aliphatic carbocycles. The van der Waals surface area contributed by atoms with Crippen LogP contribution in [0.1, 0.15) is 58.8 Å². The Hall–Kier alpha value is -1.10. The summed E-state index contributed by atoms with van der Waals surface area (Å²) in [6, 6.07) is -0.500. The van der Waals surface area contributed by atoms with Crippen LogP contribution >= 0.6 is 0 Å². The average Bonchev–Trinajstić information content (AvgIpc) is 2.35. The summed E-state index contributed by atoms with van der Waals surface area (Å²) < 4.78 is 0. The van der Waals surface area contributed by atoms with Gasteiger partial charge in [0, 0.05) is 6.54 Å². The Kier molecular flexibility index (Phi) is 6.46. The quantitative estimate of drug-likeness (QED) is 0.665. The summed E-state index contributed by atoms with van der Waals surface area (Å²) in [4.78, 5) is 23.0. The van der Waals surface area contributed by atoms with E-state index >= 15 is 0 Å². The summed E-state index contributed by atoms with van der Waals surface area (Å²) in [5.41, 5.74) is 5.57. The molecule has 1 amide bonds. The first-order valence-electron chi connectivity index (χ1n) is 7.60. The summed E-state index contributed by atoms with van der Waals surface area (Å²) >= 11 is 0. The maximum atomic E-state index is 12.0. The molecular formula is C15H28N2O3. The van der Waals surface area contributed by atoms with E-state index in [1.165, 1.54) is 0 Å². The van der Waals surface area contributed by atoms with Gasteiger partial charge < -0.3 is 16.2 Å². The fourth-order valence-electron chi connectivity index (χ4n) is 3.06. The van der Waals surface area contributed by atoms with Gasteiger partial charge in [0.15, 0.2) is 0 Å². The normalized spacial score (nSPS) is 19.6. The van der Waals surface area contributed by atoms with E-state index in [-0.39, 0.29) is 17.7 Å². The number of carbonyl (C=O) groups is 2. The molecule has 0 saturated heterocycles. The number of nitrogens with two attached hydrogens (primary N) is 1. The van der Waals surface area contributed by atoms with Crippen LogP contribution in [0, 0.1) is 11.3 Å². The molecule has 4 N–H and O–H groups in total. The van der Waals surface area contributed by atoms with Crippen LogP contribution in [0.25, 0.3) is 0 Å². The summed E-state index contributed by atoms with van der Waals surface area (Å²) in [7, 11) is 0. The smallest absolute Gasteiger partial charge is 0.303 e. The van der Waals surface area contributed by atoms with E-state index in [9.17, 15) is 9.59 Å². The molecule has 1 rings (SSSR count). The molecule has 0 unspecified atom stereocenters. The minimum absolute atomic E-state index is 0.132.